The van der Waals surface area contributed by atoms with Gasteiger partial charge in [0, 0.05) is 22.8 Å². The number of rotatable bonds is 5. The Kier molecular flexibility index (Phi) is 5.30. The van der Waals surface area contributed by atoms with Crippen LogP contribution in [0.2, 0.25) is 0 Å². The molecule has 0 saturated heterocycles. The number of thioether (sulfide) groups is 1. The van der Waals surface area contributed by atoms with Crippen LogP contribution in [0.5, 0.6) is 5.75 Å². The average Bonchev–Trinajstić information content (AvgIpc) is 2.61. The fourth-order valence-electron chi connectivity index (χ4n) is 2.93. The Bertz CT molecular complexity index is 716. The number of nitrogens with zero attached hydrogens (tertiary/aromatic N) is 1. The molecule has 0 radical (unpaired) electrons. The molecular weight excluding hydrogens is 320 g/mol. The highest BCUT2D eigenvalue weighted by Crippen LogP contribution is 2.32. The first-order valence-electron chi connectivity index (χ1n) is 8.22. The maximum atomic E-state index is 12.7. The summed E-state index contributed by atoms with van der Waals surface area (Å²) < 4.78 is 5.44. The minimum Gasteiger partial charge on any atom is -0.494 e. The molecule has 1 amide bonds. The Labute approximate surface area is 147 Å². The quantitative estimate of drug-likeness (QED) is 0.664. The standard InChI is InChI=1S/C19H22N2O2S/c1-2-23-14-8-10-15(11-9-14)24-13-19(22)21-12-4-5-16-17(20)6-3-7-18(16)21/h3,6-11H,2,4-5,12-13,20H2,1H3. The van der Waals surface area contributed by atoms with Gasteiger partial charge in [-0.25, -0.2) is 0 Å². The van der Waals surface area contributed by atoms with E-state index in [4.69, 9.17) is 10.5 Å². The van der Waals surface area contributed by atoms with Crippen LogP contribution in [0.4, 0.5) is 11.4 Å². The normalized spacial score (nSPS) is 13.5. The van der Waals surface area contributed by atoms with Crippen molar-refractivity contribution in [1.82, 2.24) is 0 Å². The van der Waals surface area contributed by atoms with Gasteiger partial charge in [-0.2, -0.15) is 0 Å². The van der Waals surface area contributed by atoms with E-state index in [0.29, 0.717) is 12.4 Å². The molecule has 0 unspecified atom stereocenters. The second-order valence-corrected chi connectivity index (χ2v) is 6.74. The SMILES string of the molecule is CCOc1ccc(SCC(=O)N2CCCc3c(N)cccc32)cc1. The first-order chi connectivity index (χ1) is 11.7. The van der Waals surface area contributed by atoms with Crippen LogP contribution in [0.3, 0.4) is 0 Å². The van der Waals surface area contributed by atoms with Crippen molar-refractivity contribution >= 4 is 29.0 Å². The van der Waals surface area contributed by atoms with Crippen molar-refractivity contribution in [3.05, 3.63) is 48.0 Å². The number of carbonyl (C=O) groups excluding carboxylic acids is 1. The molecule has 126 valence electrons. The van der Waals surface area contributed by atoms with Gasteiger partial charge in [0.2, 0.25) is 5.91 Å². The third-order valence-corrected chi connectivity index (χ3v) is 5.08. The molecule has 0 spiro atoms. The molecule has 24 heavy (non-hydrogen) atoms. The number of benzene rings is 2. The first-order valence-corrected chi connectivity index (χ1v) is 9.21. The van der Waals surface area contributed by atoms with E-state index < -0.39 is 0 Å². The Hall–Kier alpha value is -2.14. The van der Waals surface area contributed by atoms with Gasteiger partial charge < -0.3 is 15.4 Å². The van der Waals surface area contributed by atoms with E-state index in [1.165, 1.54) is 0 Å². The third kappa shape index (κ3) is 3.67. The predicted molar refractivity (Wildman–Crippen MR) is 99.9 cm³/mol. The summed E-state index contributed by atoms with van der Waals surface area (Å²) in [4.78, 5) is 15.6. The molecule has 3 rings (SSSR count). The molecule has 0 saturated carbocycles. The van der Waals surface area contributed by atoms with Crippen molar-refractivity contribution in [2.75, 3.05) is 29.5 Å². The average molecular weight is 342 g/mol. The lowest BCUT2D eigenvalue weighted by atomic mass is 10.00. The Morgan fingerprint density at radius 1 is 1.25 bits per heavy atom. The van der Waals surface area contributed by atoms with Crippen LogP contribution in [0.15, 0.2) is 47.4 Å². The zero-order valence-electron chi connectivity index (χ0n) is 13.8. The van der Waals surface area contributed by atoms with Gasteiger partial charge in [-0.3, -0.25) is 4.79 Å². The van der Waals surface area contributed by atoms with Crippen LogP contribution < -0.4 is 15.4 Å². The summed E-state index contributed by atoms with van der Waals surface area (Å²) >= 11 is 1.55. The Morgan fingerprint density at radius 3 is 2.79 bits per heavy atom. The van der Waals surface area contributed by atoms with Crippen LogP contribution in [0.25, 0.3) is 0 Å². The van der Waals surface area contributed by atoms with Crippen molar-refractivity contribution in [2.24, 2.45) is 0 Å². The summed E-state index contributed by atoms with van der Waals surface area (Å²) in [6, 6.07) is 13.7. The van der Waals surface area contributed by atoms with Crippen LogP contribution in [-0.4, -0.2) is 24.8 Å². The van der Waals surface area contributed by atoms with E-state index in [9.17, 15) is 4.79 Å². The van der Waals surface area contributed by atoms with Gasteiger partial charge in [-0.15, -0.1) is 11.8 Å². The van der Waals surface area contributed by atoms with Crippen molar-refractivity contribution in [1.29, 1.82) is 0 Å². The number of hydrogen-bond acceptors (Lipinski definition) is 4. The zero-order valence-corrected chi connectivity index (χ0v) is 14.6. The number of nitrogens with two attached hydrogens (primary N) is 1. The highest BCUT2D eigenvalue weighted by Gasteiger charge is 2.23. The van der Waals surface area contributed by atoms with Crippen LogP contribution in [-0.2, 0) is 11.2 Å². The Balaban J connectivity index is 1.65. The van der Waals surface area contributed by atoms with Crippen molar-refractivity contribution in [2.45, 2.75) is 24.7 Å². The van der Waals surface area contributed by atoms with Crippen molar-refractivity contribution < 1.29 is 9.53 Å². The monoisotopic (exact) mass is 342 g/mol. The highest BCUT2D eigenvalue weighted by molar-refractivity contribution is 8.00. The van der Waals surface area contributed by atoms with Gasteiger partial charge in [0.25, 0.3) is 0 Å². The number of hydrogen-bond donors (Lipinski definition) is 1. The van der Waals surface area contributed by atoms with E-state index in [0.717, 1.165) is 47.0 Å². The zero-order chi connectivity index (χ0) is 16.9. The molecule has 4 nitrogen and oxygen atoms in total. The fraction of sp³-hybridized carbons (Fsp3) is 0.316. The third-order valence-electron chi connectivity index (χ3n) is 4.08. The molecule has 0 aliphatic carbocycles. The second kappa shape index (κ2) is 7.62. The minimum atomic E-state index is 0.125. The molecule has 1 aliphatic rings. The lowest BCUT2D eigenvalue weighted by Crippen LogP contribution is -2.36. The maximum Gasteiger partial charge on any atom is 0.237 e. The molecule has 2 N–H and O–H groups in total. The summed E-state index contributed by atoms with van der Waals surface area (Å²) in [5.74, 6) is 1.40. The van der Waals surface area contributed by atoms with Crippen molar-refractivity contribution in [3.8, 4) is 5.75 Å². The van der Waals surface area contributed by atoms with Gasteiger partial charge >= 0.3 is 0 Å². The maximum absolute atomic E-state index is 12.7. The van der Waals surface area contributed by atoms with E-state index >= 15 is 0 Å². The summed E-state index contributed by atoms with van der Waals surface area (Å²) in [6.45, 7) is 3.38. The molecule has 5 heteroatoms. The summed E-state index contributed by atoms with van der Waals surface area (Å²) in [6.07, 6.45) is 1.90. The van der Waals surface area contributed by atoms with Gasteiger partial charge in [0.05, 0.1) is 12.4 Å². The Morgan fingerprint density at radius 2 is 2.04 bits per heavy atom. The molecule has 1 heterocycles. The second-order valence-electron chi connectivity index (χ2n) is 5.69. The van der Waals surface area contributed by atoms with E-state index in [1.54, 1.807) is 11.8 Å². The summed E-state index contributed by atoms with van der Waals surface area (Å²) in [5, 5.41) is 0. The summed E-state index contributed by atoms with van der Waals surface area (Å²) in [7, 11) is 0. The van der Waals surface area contributed by atoms with Crippen molar-refractivity contribution in [3.63, 3.8) is 0 Å². The number of amides is 1. The number of fused-ring (bicyclic) bond motifs is 1. The van der Waals surface area contributed by atoms with E-state index in [-0.39, 0.29) is 5.91 Å². The van der Waals surface area contributed by atoms with E-state index in [1.807, 2.05) is 54.3 Å². The van der Waals surface area contributed by atoms with Crippen LogP contribution in [0.1, 0.15) is 18.9 Å². The highest BCUT2D eigenvalue weighted by atomic mass is 32.2. The van der Waals surface area contributed by atoms with Gasteiger partial charge in [0.15, 0.2) is 0 Å². The molecule has 0 fully saturated rings. The predicted octanol–water partition coefficient (Wildman–Crippen LogP) is 3.74. The van der Waals surface area contributed by atoms with Gasteiger partial charge in [-0.1, -0.05) is 6.07 Å². The molecule has 0 bridgehead atoms. The lowest BCUT2D eigenvalue weighted by Gasteiger charge is -2.30. The van der Waals surface area contributed by atoms with Gasteiger partial charge in [0.1, 0.15) is 5.75 Å². The minimum absolute atomic E-state index is 0.125. The fourth-order valence-corrected chi connectivity index (χ4v) is 3.71. The van der Waals surface area contributed by atoms with E-state index in [2.05, 4.69) is 0 Å². The molecule has 1 aliphatic heterocycles. The summed E-state index contributed by atoms with van der Waals surface area (Å²) in [5.41, 5.74) is 8.91. The number of nitrogen functional groups attached to an aromatic ring is 1. The lowest BCUT2D eigenvalue weighted by molar-refractivity contribution is -0.116. The molecule has 2 aromatic carbocycles. The first kappa shape index (κ1) is 16.7. The molecule has 0 aromatic heterocycles. The number of ether oxygens (including phenoxy) is 1. The number of anilines is 2. The molecular formula is C19H22N2O2S. The van der Waals surface area contributed by atoms with Crippen LogP contribution in [0, 0.1) is 0 Å². The van der Waals surface area contributed by atoms with Gasteiger partial charge in [-0.05, 0) is 61.7 Å². The largest absolute Gasteiger partial charge is 0.494 e. The molecule has 0 atom stereocenters. The molecule has 2 aromatic rings. The topological polar surface area (TPSA) is 55.6 Å². The smallest absolute Gasteiger partial charge is 0.237 e. The van der Waals surface area contributed by atoms with Crippen LogP contribution >= 0.6 is 11.8 Å². The number of carbonyl (C=O) groups is 1.